The van der Waals surface area contributed by atoms with Crippen LogP contribution < -0.4 is 15.0 Å². The molecule has 2 amide bonds. The van der Waals surface area contributed by atoms with Crippen molar-refractivity contribution >= 4 is 29.2 Å². The Balaban J connectivity index is 1.66. The van der Waals surface area contributed by atoms with E-state index >= 15 is 0 Å². The number of nitrogens with zero attached hydrogens (tertiary/aromatic N) is 5. The van der Waals surface area contributed by atoms with Gasteiger partial charge in [-0.1, -0.05) is 20.8 Å². The number of carbonyl (C=O) groups excluding carboxylic acids is 2. The molecule has 0 saturated heterocycles. The molecule has 1 atom stereocenters. The maximum Gasteiger partial charge on any atom is 0.279 e. The number of amides is 2. The maximum atomic E-state index is 13.2. The standard InChI is InChI=1S/C22H25FN6O4/c1-22(2,3)15-10-19-28(12-17(31)25-16-6-4-13(23)11-24-16)20-14(21(32)29(19)27-15)5-7-18(26-20)33-9-8-30/h4-7,11,19,30H,8-10,12H2,1-3H3,(H,24,25,31). The number of ether oxygens (including phenoxy) is 1. The van der Waals surface area contributed by atoms with Crippen LogP contribution in [0.1, 0.15) is 37.6 Å². The molecule has 4 heterocycles. The van der Waals surface area contributed by atoms with Crippen LogP contribution in [0.5, 0.6) is 5.88 Å². The Morgan fingerprint density at radius 3 is 2.76 bits per heavy atom. The zero-order chi connectivity index (χ0) is 23.8. The molecule has 2 aliphatic heterocycles. The Hall–Kier alpha value is -3.60. The van der Waals surface area contributed by atoms with Crippen molar-refractivity contribution in [3.05, 3.63) is 41.8 Å². The van der Waals surface area contributed by atoms with Gasteiger partial charge < -0.3 is 20.1 Å². The molecule has 10 nitrogen and oxygen atoms in total. The number of nitrogens with one attached hydrogen (secondary N) is 1. The van der Waals surface area contributed by atoms with Crippen LogP contribution in [-0.4, -0.2) is 63.5 Å². The lowest BCUT2D eigenvalue weighted by Crippen LogP contribution is -2.53. The van der Waals surface area contributed by atoms with Gasteiger partial charge in [0.2, 0.25) is 11.8 Å². The SMILES string of the molecule is CC(C)(C)C1=NN2C(=O)c3ccc(OCCO)nc3N(CC(=O)Nc3ccc(F)cn3)C2C1. The van der Waals surface area contributed by atoms with Crippen molar-refractivity contribution in [3.63, 3.8) is 0 Å². The highest BCUT2D eigenvalue weighted by atomic mass is 19.1. The molecular formula is C22H25FN6O4. The number of aromatic nitrogens is 2. The molecule has 0 aliphatic carbocycles. The second-order valence-electron chi connectivity index (χ2n) is 8.76. The molecule has 2 aromatic rings. The molecule has 1 unspecified atom stereocenters. The van der Waals surface area contributed by atoms with Crippen LogP contribution in [0.4, 0.5) is 16.0 Å². The molecule has 0 spiro atoms. The molecule has 2 aromatic heterocycles. The van der Waals surface area contributed by atoms with E-state index in [1.807, 2.05) is 20.8 Å². The number of fused-ring (bicyclic) bond motifs is 2. The summed E-state index contributed by atoms with van der Waals surface area (Å²) in [6, 6.07) is 5.68. The summed E-state index contributed by atoms with van der Waals surface area (Å²) < 4.78 is 18.6. The first kappa shape index (κ1) is 22.6. The molecule has 11 heteroatoms. The van der Waals surface area contributed by atoms with E-state index in [0.717, 1.165) is 11.9 Å². The molecule has 2 aliphatic rings. The number of aliphatic hydroxyl groups is 1. The maximum absolute atomic E-state index is 13.2. The minimum absolute atomic E-state index is 0.0449. The number of aliphatic hydroxyl groups excluding tert-OH is 1. The van der Waals surface area contributed by atoms with Crippen molar-refractivity contribution in [2.24, 2.45) is 10.5 Å². The van der Waals surface area contributed by atoms with E-state index in [1.54, 1.807) is 11.0 Å². The van der Waals surface area contributed by atoms with Gasteiger partial charge in [-0.2, -0.15) is 10.1 Å². The molecule has 174 valence electrons. The quantitative estimate of drug-likeness (QED) is 0.682. The van der Waals surface area contributed by atoms with Crippen molar-refractivity contribution in [1.82, 2.24) is 15.0 Å². The fraction of sp³-hybridized carbons (Fsp3) is 0.409. The Kier molecular flexibility index (Phi) is 5.98. The summed E-state index contributed by atoms with van der Waals surface area (Å²) in [5.41, 5.74) is 0.851. The first-order chi connectivity index (χ1) is 15.7. The molecular weight excluding hydrogens is 431 g/mol. The fourth-order valence-electron chi connectivity index (χ4n) is 3.66. The van der Waals surface area contributed by atoms with Crippen LogP contribution in [0.2, 0.25) is 0 Å². The minimum Gasteiger partial charge on any atom is -0.475 e. The van der Waals surface area contributed by atoms with E-state index < -0.39 is 17.9 Å². The van der Waals surface area contributed by atoms with E-state index in [1.165, 1.54) is 23.2 Å². The number of carbonyl (C=O) groups is 2. The summed E-state index contributed by atoms with van der Waals surface area (Å²) >= 11 is 0. The van der Waals surface area contributed by atoms with E-state index in [9.17, 15) is 14.0 Å². The fourth-order valence-corrected chi connectivity index (χ4v) is 3.66. The highest BCUT2D eigenvalue weighted by Gasteiger charge is 2.45. The molecule has 0 saturated carbocycles. The zero-order valence-corrected chi connectivity index (χ0v) is 18.6. The van der Waals surface area contributed by atoms with Crippen LogP contribution >= 0.6 is 0 Å². The van der Waals surface area contributed by atoms with Gasteiger partial charge in [-0.15, -0.1) is 0 Å². The predicted molar refractivity (Wildman–Crippen MR) is 118 cm³/mol. The van der Waals surface area contributed by atoms with Gasteiger partial charge in [0.1, 0.15) is 36.8 Å². The topological polar surface area (TPSA) is 120 Å². The molecule has 0 aromatic carbocycles. The smallest absolute Gasteiger partial charge is 0.279 e. The van der Waals surface area contributed by atoms with Gasteiger partial charge in [0.05, 0.1) is 18.4 Å². The third-order valence-electron chi connectivity index (χ3n) is 5.32. The van der Waals surface area contributed by atoms with Crippen LogP contribution in [0.3, 0.4) is 0 Å². The largest absolute Gasteiger partial charge is 0.475 e. The van der Waals surface area contributed by atoms with Gasteiger partial charge in [0.15, 0.2) is 0 Å². The second kappa shape index (κ2) is 8.74. The predicted octanol–water partition coefficient (Wildman–Crippen LogP) is 2.02. The third-order valence-corrected chi connectivity index (χ3v) is 5.32. The summed E-state index contributed by atoms with van der Waals surface area (Å²) in [4.78, 5) is 36.0. The van der Waals surface area contributed by atoms with E-state index in [-0.39, 0.29) is 48.3 Å². The van der Waals surface area contributed by atoms with Crippen molar-refractivity contribution < 1.29 is 23.8 Å². The number of hydrogen-bond donors (Lipinski definition) is 2. The summed E-state index contributed by atoms with van der Waals surface area (Å²) in [7, 11) is 0. The van der Waals surface area contributed by atoms with Crippen molar-refractivity contribution in [1.29, 1.82) is 0 Å². The average Bonchev–Trinajstić information content (AvgIpc) is 3.23. The number of hydrogen-bond acceptors (Lipinski definition) is 8. The van der Waals surface area contributed by atoms with Gasteiger partial charge in [-0.05, 0) is 18.2 Å². The molecule has 0 radical (unpaired) electrons. The minimum atomic E-state index is -0.535. The van der Waals surface area contributed by atoms with Gasteiger partial charge in [-0.25, -0.2) is 14.4 Å². The number of anilines is 2. The average molecular weight is 456 g/mol. The normalized spacial score (nSPS) is 17.4. The van der Waals surface area contributed by atoms with E-state index in [2.05, 4.69) is 20.4 Å². The second-order valence-corrected chi connectivity index (χ2v) is 8.76. The van der Waals surface area contributed by atoms with E-state index in [4.69, 9.17) is 9.84 Å². The summed E-state index contributed by atoms with van der Waals surface area (Å²) in [5.74, 6) is -0.509. The lowest BCUT2D eigenvalue weighted by atomic mass is 9.87. The molecule has 2 N–H and O–H groups in total. The first-order valence-electron chi connectivity index (χ1n) is 10.5. The lowest BCUT2D eigenvalue weighted by molar-refractivity contribution is -0.115. The van der Waals surface area contributed by atoms with Gasteiger partial charge >= 0.3 is 0 Å². The third kappa shape index (κ3) is 4.63. The van der Waals surface area contributed by atoms with Gasteiger partial charge in [0.25, 0.3) is 5.91 Å². The summed E-state index contributed by atoms with van der Waals surface area (Å²) in [6.07, 6.45) is 0.922. The van der Waals surface area contributed by atoms with Crippen molar-refractivity contribution in [2.75, 3.05) is 30.0 Å². The Bertz CT molecular complexity index is 1100. The monoisotopic (exact) mass is 456 g/mol. The Labute approximate surface area is 190 Å². The molecule has 4 rings (SSSR count). The number of halogens is 1. The molecule has 0 fully saturated rings. The van der Waals surface area contributed by atoms with Crippen molar-refractivity contribution in [2.45, 2.75) is 33.4 Å². The molecule has 0 bridgehead atoms. The highest BCUT2D eigenvalue weighted by Crippen LogP contribution is 2.38. The Morgan fingerprint density at radius 2 is 2.09 bits per heavy atom. The highest BCUT2D eigenvalue weighted by molar-refractivity contribution is 6.05. The van der Waals surface area contributed by atoms with Crippen LogP contribution in [0, 0.1) is 11.2 Å². The van der Waals surface area contributed by atoms with Crippen LogP contribution in [0.25, 0.3) is 0 Å². The van der Waals surface area contributed by atoms with Gasteiger partial charge in [0, 0.05) is 23.6 Å². The number of rotatable bonds is 6. The first-order valence-corrected chi connectivity index (χ1v) is 10.5. The van der Waals surface area contributed by atoms with Crippen LogP contribution in [0.15, 0.2) is 35.6 Å². The van der Waals surface area contributed by atoms with E-state index in [0.29, 0.717) is 12.2 Å². The summed E-state index contributed by atoms with van der Waals surface area (Å²) in [6.45, 7) is 5.75. The van der Waals surface area contributed by atoms with Gasteiger partial charge in [-0.3, -0.25) is 9.59 Å². The van der Waals surface area contributed by atoms with Crippen molar-refractivity contribution in [3.8, 4) is 5.88 Å². The van der Waals surface area contributed by atoms with Crippen LogP contribution in [-0.2, 0) is 4.79 Å². The number of hydrazone groups is 1. The lowest BCUT2D eigenvalue weighted by Gasteiger charge is -2.39. The summed E-state index contributed by atoms with van der Waals surface area (Å²) in [5, 5.41) is 17.6. The molecule has 33 heavy (non-hydrogen) atoms. The zero-order valence-electron chi connectivity index (χ0n) is 18.6. The Morgan fingerprint density at radius 1 is 1.30 bits per heavy atom. The number of pyridine rings is 2.